The van der Waals surface area contributed by atoms with Gasteiger partial charge in [-0.25, -0.2) is 0 Å². The second-order valence-electron chi connectivity index (χ2n) is 8.82. The molecule has 3 aromatic rings. The van der Waals surface area contributed by atoms with E-state index in [9.17, 15) is 14.4 Å². The summed E-state index contributed by atoms with van der Waals surface area (Å²) in [6, 6.07) is 20.4. The first kappa shape index (κ1) is 23.5. The summed E-state index contributed by atoms with van der Waals surface area (Å²) in [6.07, 6.45) is 1.28. The van der Waals surface area contributed by atoms with E-state index in [-0.39, 0.29) is 30.3 Å². The quantitative estimate of drug-likeness (QED) is 0.514. The van der Waals surface area contributed by atoms with Crippen molar-refractivity contribution in [2.45, 2.75) is 52.2 Å². The Morgan fingerprint density at radius 2 is 1.65 bits per heavy atom. The van der Waals surface area contributed by atoms with E-state index in [1.807, 2.05) is 81.4 Å². The molecule has 4 rings (SSSR count). The fourth-order valence-electron chi connectivity index (χ4n) is 4.50. The molecule has 6 nitrogen and oxygen atoms in total. The molecule has 1 heterocycles. The van der Waals surface area contributed by atoms with Crippen LogP contribution in [0.4, 0.5) is 5.69 Å². The van der Waals surface area contributed by atoms with E-state index in [0.717, 1.165) is 28.4 Å². The number of carbonyl (C=O) groups excluding carboxylic acids is 3. The molecule has 0 unspecified atom stereocenters. The van der Waals surface area contributed by atoms with Crippen molar-refractivity contribution in [3.8, 4) is 0 Å². The molecule has 0 spiro atoms. The number of anilines is 1. The lowest BCUT2D eigenvalue weighted by molar-refractivity contribution is -0.140. The van der Waals surface area contributed by atoms with E-state index in [1.165, 1.54) is 4.90 Å². The largest absolute Gasteiger partial charge is 0.352 e. The summed E-state index contributed by atoms with van der Waals surface area (Å²) < 4.78 is 0. The predicted molar refractivity (Wildman–Crippen MR) is 135 cm³/mol. The van der Waals surface area contributed by atoms with Gasteiger partial charge in [-0.1, -0.05) is 68.4 Å². The fraction of sp³-hybridized carbons (Fsp3) is 0.321. The van der Waals surface area contributed by atoms with Gasteiger partial charge in [-0.05, 0) is 42.8 Å². The van der Waals surface area contributed by atoms with Crippen LogP contribution in [0.2, 0.25) is 0 Å². The van der Waals surface area contributed by atoms with Crippen LogP contribution in [0.1, 0.15) is 49.5 Å². The zero-order valence-electron chi connectivity index (χ0n) is 20.0. The Morgan fingerprint density at radius 1 is 0.941 bits per heavy atom. The van der Waals surface area contributed by atoms with Gasteiger partial charge in [0, 0.05) is 23.5 Å². The fourth-order valence-corrected chi connectivity index (χ4v) is 4.50. The summed E-state index contributed by atoms with van der Waals surface area (Å²) >= 11 is 0. The summed E-state index contributed by atoms with van der Waals surface area (Å²) in [6.45, 7) is 6.05. The minimum atomic E-state index is -0.627. The Balaban J connectivity index is 1.64. The highest BCUT2D eigenvalue weighted by atomic mass is 16.2. The van der Waals surface area contributed by atoms with Crippen LogP contribution in [0.25, 0.3) is 10.8 Å². The number of hydrogen-bond donors (Lipinski definition) is 1. The molecule has 0 bridgehead atoms. The lowest BCUT2D eigenvalue weighted by Gasteiger charge is -2.32. The third-order valence-electron chi connectivity index (χ3n) is 6.53. The molecule has 6 heteroatoms. The topological polar surface area (TPSA) is 69.7 Å². The van der Waals surface area contributed by atoms with E-state index < -0.39 is 6.04 Å². The average Bonchev–Trinajstić information content (AvgIpc) is 3.12. The monoisotopic (exact) mass is 457 g/mol. The lowest BCUT2D eigenvalue weighted by atomic mass is 10.1. The maximum absolute atomic E-state index is 13.7. The van der Waals surface area contributed by atoms with Crippen molar-refractivity contribution < 1.29 is 14.4 Å². The van der Waals surface area contributed by atoms with Crippen molar-refractivity contribution in [1.82, 2.24) is 10.2 Å². The van der Waals surface area contributed by atoms with Gasteiger partial charge in [0.2, 0.25) is 11.8 Å². The number of hydrogen-bond acceptors (Lipinski definition) is 3. The van der Waals surface area contributed by atoms with Crippen molar-refractivity contribution in [1.29, 1.82) is 0 Å². The standard InChI is InChI=1S/C28H31N3O3/c1-4-19(3)29-27(33)23(5-2)30(17-20-11-7-6-8-12-20)25(32)18-31-24-16-10-14-21-13-9-15-22(26(21)24)28(31)34/h6-16,19,23H,4-5,17-18H2,1-3H3,(H,29,33)/t19-,23+/m0/s1. The van der Waals surface area contributed by atoms with Crippen LogP contribution in [0, 0.1) is 0 Å². The van der Waals surface area contributed by atoms with Crippen LogP contribution in [0.3, 0.4) is 0 Å². The van der Waals surface area contributed by atoms with Crippen molar-refractivity contribution in [3.05, 3.63) is 77.9 Å². The lowest BCUT2D eigenvalue weighted by Crippen LogP contribution is -2.53. The van der Waals surface area contributed by atoms with Crippen LogP contribution in [-0.4, -0.2) is 41.2 Å². The molecular weight excluding hydrogens is 426 g/mol. The van der Waals surface area contributed by atoms with Crippen LogP contribution in [0.5, 0.6) is 0 Å². The van der Waals surface area contributed by atoms with Crippen molar-refractivity contribution in [3.63, 3.8) is 0 Å². The highest BCUT2D eigenvalue weighted by Gasteiger charge is 2.35. The van der Waals surface area contributed by atoms with E-state index in [0.29, 0.717) is 18.5 Å². The highest BCUT2D eigenvalue weighted by Crippen LogP contribution is 2.37. The summed E-state index contributed by atoms with van der Waals surface area (Å²) in [7, 11) is 0. The molecule has 0 radical (unpaired) electrons. The Kier molecular flexibility index (Phi) is 6.96. The number of rotatable bonds is 9. The molecule has 1 N–H and O–H groups in total. The molecule has 34 heavy (non-hydrogen) atoms. The normalized spacial score (nSPS) is 14.2. The second kappa shape index (κ2) is 10.1. The van der Waals surface area contributed by atoms with E-state index >= 15 is 0 Å². The van der Waals surface area contributed by atoms with Crippen molar-refractivity contribution >= 4 is 34.2 Å². The molecule has 3 amide bonds. The minimum absolute atomic E-state index is 0.0162. The average molecular weight is 458 g/mol. The zero-order chi connectivity index (χ0) is 24.2. The molecule has 3 aromatic carbocycles. The van der Waals surface area contributed by atoms with Gasteiger partial charge in [-0.2, -0.15) is 0 Å². The number of carbonyl (C=O) groups is 3. The first-order chi connectivity index (χ1) is 16.4. The third-order valence-corrected chi connectivity index (χ3v) is 6.53. The maximum Gasteiger partial charge on any atom is 0.259 e. The van der Waals surface area contributed by atoms with Crippen LogP contribution in [0.15, 0.2) is 66.7 Å². The third kappa shape index (κ3) is 4.53. The molecule has 0 aromatic heterocycles. The summed E-state index contributed by atoms with van der Waals surface area (Å²) in [5, 5.41) is 4.87. The second-order valence-corrected chi connectivity index (χ2v) is 8.82. The van der Waals surface area contributed by atoms with Gasteiger partial charge in [-0.3, -0.25) is 19.3 Å². The van der Waals surface area contributed by atoms with E-state index in [4.69, 9.17) is 0 Å². The number of nitrogens with zero attached hydrogens (tertiary/aromatic N) is 2. The maximum atomic E-state index is 13.7. The zero-order valence-corrected chi connectivity index (χ0v) is 20.0. The van der Waals surface area contributed by atoms with Gasteiger partial charge in [0.1, 0.15) is 12.6 Å². The molecule has 0 aliphatic carbocycles. The molecule has 0 saturated carbocycles. The first-order valence-corrected chi connectivity index (χ1v) is 11.9. The number of nitrogens with one attached hydrogen (secondary N) is 1. The molecule has 1 aliphatic heterocycles. The van der Waals surface area contributed by atoms with Crippen LogP contribution < -0.4 is 10.2 Å². The molecule has 2 atom stereocenters. The Bertz CT molecular complexity index is 1200. The van der Waals surface area contributed by atoms with E-state index in [1.54, 1.807) is 11.0 Å². The first-order valence-electron chi connectivity index (χ1n) is 11.9. The minimum Gasteiger partial charge on any atom is -0.352 e. The van der Waals surface area contributed by atoms with Crippen LogP contribution >= 0.6 is 0 Å². The van der Waals surface area contributed by atoms with Gasteiger partial charge in [0.25, 0.3) is 5.91 Å². The molecule has 176 valence electrons. The SMILES string of the molecule is CC[C@H](C(=O)N[C@@H](C)CC)N(Cc1ccccc1)C(=O)CN1C(=O)c2cccc3cccc1c23. The summed E-state index contributed by atoms with van der Waals surface area (Å²) in [5.41, 5.74) is 2.28. The summed E-state index contributed by atoms with van der Waals surface area (Å²) in [4.78, 5) is 43.2. The number of amides is 3. The molecule has 0 saturated heterocycles. The van der Waals surface area contributed by atoms with Gasteiger partial charge in [0.15, 0.2) is 0 Å². The molecular formula is C28H31N3O3. The smallest absolute Gasteiger partial charge is 0.259 e. The van der Waals surface area contributed by atoms with Crippen LogP contribution in [-0.2, 0) is 16.1 Å². The molecule has 0 fully saturated rings. The predicted octanol–water partition coefficient (Wildman–Crippen LogP) is 4.52. The van der Waals surface area contributed by atoms with Gasteiger partial charge in [-0.15, -0.1) is 0 Å². The van der Waals surface area contributed by atoms with Gasteiger partial charge >= 0.3 is 0 Å². The Hall–Kier alpha value is -3.67. The Morgan fingerprint density at radius 3 is 2.32 bits per heavy atom. The summed E-state index contributed by atoms with van der Waals surface area (Å²) in [5.74, 6) is -0.607. The van der Waals surface area contributed by atoms with Gasteiger partial charge < -0.3 is 10.2 Å². The van der Waals surface area contributed by atoms with Gasteiger partial charge in [0.05, 0.1) is 5.69 Å². The van der Waals surface area contributed by atoms with E-state index in [2.05, 4.69) is 5.32 Å². The Labute approximate surface area is 200 Å². The molecule has 1 aliphatic rings. The van der Waals surface area contributed by atoms with Crippen molar-refractivity contribution in [2.75, 3.05) is 11.4 Å². The number of benzene rings is 3. The van der Waals surface area contributed by atoms with Crippen molar-refractivity contribution in [2.24, 2.45) is 0 Å². The highest BCUT2D eigenvalue weighted by molar-refractivity contribution is 6.26.